The number of fused-ring (bicyclic) bond motifs is 1. The molecule has 1 aromatic carbocycles. The van der Waals surface area contributed by atoms with E-state index in [0.717, 1.165) is 36.3 Å². The van der Waals surface area contributed by atoms with Crippen molar-refractivity contribution in [2.45, 2.75) is 36.7 Å². The molecule has 2 unspecified atom stereocenters. The van der Waals surface area contributed by atoms with Crippen LogP contribution in [0.25, 0.3) is 0 Å². The molecule has 0 saturated carbocycles. The van der Waals surface area contributed by atoms with Gasteiger partial charge in [-0.3, -0.25) is 4.79 Å². The van der Waals surface area contributed by atoms with Gasteiger partial charge in [0.2, 0.25) is 5.91 Å². The number of hydrogen-bond donors (Lipinski definition) is 1. The van der Waals surface area contributed by atoms with Crippen LogP contribution in [-0.2, 0) is 9.53 Å². The molecule has 0 aliphatic carbocycles. The maximum absolute atomic E-state index is 12.8. The third-order valence-electron chi connectivity index (χ3n) is 4.44. The molecule has 2 aliphatic rings. The summed E-state index contributed by atoms with van der Waals surface area (Å²) in [4.78, 5) is 16.2. The fraction of sp³-hybridized carbons (Fsp3) is 0.588. The third-order valence-corrected chi connectivity index (χ3v) is 6.05. The molecular formula is C17H24BrClN2O2S. The second kappa shape index (κ2) is 9.43. The van der Waals surface area contributed by atoms with Crippen LogP contribution in [-0.4, -0.2) is 48.9 Å². The fourth-order valence-corrected chi connectivity index (χ4v) is 4.79. The lowest BCUT2D eigenvalue weighted by atomic mass is 10.0. The highest BCUT2D eigenvalue weighted by Crippen LogP contribution is 2.40. The van der Waals surface area contributed by atoms with E-state index in [9.17, 15) is 4.79 Å². The highest BCUT2D eigenvalue weighted by Gasteiger charge is 2.30. The summed E-state index contributed by atoms with van der Waals surface area (Å²) in [6.07, 6.45) is 1.53. The van der Waals surface area contributed by atoms with E-state index in [1.807, 2.05) is 16.7 Å². The van der Waals surface area contributed by atoms with Gasteiger partial charge in [-0.05, 0) is 37.1 Å². The smallest absolute Gasteiger partial charge is 0.224 e. The first-order valence-electron chi connectivity index (χ1n) is 8.22. The van der Waals surface area contributed by atoms with Crippen LogP contribution in [0.2, 0.25) is 0 Å². The predicted molar refractivity (Wildman–Crippen MR) is 104 cm³/mol. The zero-order chi connectivity index (χ0) is 16.2. The molecule has 0 bridgehead atoms. The fourth-order valence-electron chi connectivity index (χ4n) is 3.32. The van der Waals surface area contributed by atoms with Crippen molar-refractivity contribution < 1.29 is 9.53 Å². The van der Waals surface area contributed by atoms with Gasteiger partial charge in [-0.1, -0.05) is 15.9 Å². The van der Waals surface area contributed by atoms with Crippen molar-refractivity contribution in [2.75, 3.05) is 32.1 Å². The van der Waals surface area contributed by atoms with Gasteiger partial charge >= 0.3 is 0 Å². The number of nitrogens with zero attached hydrogens (tertiary/aromatic N) is 1. The lowest BCUT2D eigenvalue weighted by Crippen LogP contribution is -2.46. The largest absolute Gasteiger partial charge is 0.378 e. The summed E-state index contributed by atoms with van der Waals surface area (Å²) in [5, 5.41) is 3.38. The molecule has 0 radical (unpaired) electrons. The van der Waals surface area contributed by atoms with Gasteiger partial charge in [0.25, 0.3) is 0 Å². The number of thioether (sulfide) groups is 1. The minimum Gasteiger partial charge on any atom is -0.378 e. The van der Waals surface area contributed by atoms with Gasteiger partial charge in [0.15, 0.2) is 0 Å². The first-order valence-corrected chi connectivity index (χ1v) is 9.99. The van der Waals surface area contributed by atoms with Crippen molar-refractivity contribution in [1.82, 2.24) is 10.2 Å². The number of benzene rings is 1. The van der Waals surface area contributed by atoms with Crippen molar-refractivity contribution >= 4 is 46.0 Å². The number of hydrogen-bond acceptors (Lipinski definition) is 4. The summed E-state index contributed by atoms with van der Waals surface area (Å²) in [5.41, 5.74) is 1.28. The molecule has 1 saturated heterocycles. The van der Waals surface area contributed by atoms with Gasteiger partial charge in [0.05, 0.1) is 19.3 Å². The van der Waals surface area contributed by atoms with Crippen LogP contribution in [0.5, 0.6) is 0 Å². The Hall–Kier alpha value is -0.270. The molecule has 1 fully saturated rings. The maximum atomic E-state index is 12.8. The quantitative estimate of drug-likeness (QED) is 0.784. The molecule has 7 heteroatoms. The second-order valence-corrected chi connectivity index (χ2v) is 8.00. The van der Waals surface area contributed by atoms with E-state index in [0.29, 0.717) is 13.0 Å². The average molecular weight is 436 g/mol. The van der Waals surface area contributed by atoms with E-state index in [-0.39, 0.29) is 30.4 Å². The maximum Gasteiger partial charge on any atom is 0.224 e. The Bertz CT molecular complexity index is 570. The molecule has 1 N–H and O–H groups in total. The molecule has 0 spiro atoms. The molecule has 1 aromatic rings. The number of morpholine rings is 1. The van der Waals surface area contributed by atoms with Gasteiger partial charge in [-0.25, -0.2) is 0 Å². The van der Waals surface area contributed by atoms with Gasteiger partial charge in [0.1, 0.15) is 0 Å². The molecule has 2 heterocycles. The van der Waals surface area contributed by atoms with Crippen LogP contribution < -0.4 is 5.32 Å². The van der Waals surface area contributed by atoms with Crippen LogP contribution in [0.3, 0.4) is 0 Å². The molecule has 134 valence electrons. The van der Waals surface area contributed by atoms with Gasteiger partial charge in [0, 0.05) is 40.7 Å². The minimum absolute atomic E-state index is 0. The SMILES string of the molecule is CCN(C(=O)CC1COCCN1)C1CCSc2ccc(Br)cc21.Cl. The van der Waals surface area contributed by atoms with E-state index in [1.54, 1.807) is 0 Å². The zero-order valence-corrected chi connectivity index (χ0v) is 17.0. The number of ether oxygens (including phenoxy) is 1. The summed E-state index contributed by atoms with van der Waals surface area (Å²) in [7, 11) is 0. The van der Waals surface area contributed by atoms with E-state index in [1.165, 1.54) is 10.5 Å². The average Bonchev–Trinajstić information content (AvgIpc) is 2.57. The lowest BCUT2D eigenvalue weighted by molar-refractivity contribution is -0.134. The standard InChI is InChI=1S/C17H23BrN2O2S.ClH/c1-2-20(17(21)10-13-11-22-7-6-19-13)15-5-8-23-16-4-3-12(18)9-14(15)16;/h3-4,9,13,15,19H,2,5-8,10-11H2,1H3;1H. The summed E-state index contributed by atoms with van der Waals surface area (Å²) in [6, 6.07) is 6.74. The van der Waals surface area contributed by atoms with Crippen LogP contribution in [0.15, 0.2) is 27.6 Å². The Morgan fingerprint density at radius 3 is 3.04 bits per heavy atom. The minimum atomic E-state index is 0. The van der Waals surface area contributed by atoms with E-state index >= 15 is 0 Å². The Morgan fingerprint density at radius 1 is 1.50 bits per heavy atom. The molecular weight excluding hydrogens is 412 g/mol. The zero-order valence-electron chi connectivity index (χ0n) is 13.8. The molecule has 24 heavy (non-hydrogen) atoms. The van der Waals surface area contributed by atoms with Crippen molar-refractivity contribution in [3.8, 4) is 0 Å². The van der Waals surface area contributed by atoms with E-state index in [2.05, 4.69) is 46.4 Å². The molecule has 4 nitrogen and oxygen atoms in total. The van der Waals surface area contributed by atoms with Gasteiger partial charge in [-0.15, -0.1) is 24.2 Å². The van der Waals surface area contributed by atoms with Crippen LogP contribution in [0.1, 0.15) is 31.4 Å². The monoisotopic (exact) mass is 434 g/mol. The normalized spacial score (nSPS) is 23.1. The van der Waals surface area contributed by atoms with Crippen LogP contribution in [0, 0.1) is 0 Å². The topological polar surface area (TPSA) is 41.6 Å². The molecule has 3 rings (SSSR count). The molecule has 0 aromatic heterocycles. The number of carbonyl (C=O) groups is 1. The Kier molecular flexibility index (Phi) is 7.88. The van der Waals surface area contributed by atoms with Gasteiger partial charge in [-0.2, -0.15) is 0 Å². The third kappa shape index (κ3) is 4.67. The number of amides is 1. The molecule has 2 atom stereocenters. The van der Waals surface area contributed by atoms with E-state index in [4.69, 9.17) is 4.74 Å². The summed E-state index contributed by atoms with van der Waals surface area (Å²) < 4.78 is 6.55. The number of rotatable bonds is 4. The summed E-state index contributed by atoms with van der Waals surface area (Å²) in [5.74, 6) is 1.28. The van der Waals surface area contributed by atoms with Gasteiger partial charge < -0.3 is 15.0 Å². The highest BCUT2D eigenvalue weighted by atomic mass is 79.9. The first kappa shape index (κ1) is 20.0. The predicted octanol–water partition coefficient (Wildman–Crippen LogP) is 3.63. The summed E-state index contributed by atoms with van der Waals surface area (Å²) >= 11 is 5.45. The first-order chi connectivity index (χ1) is 11.2. The Morgan fingerprint density at radius 2 is 2.33 bits per heavy atom. The Balaban J connectivity index is 0.00000208. The number of nitrogens with one attached hydrogen (secondary N) is 1. The Labute approximate surface area is 162 Å². The lowest BCUT2D eigenvalue weighted by Gasteiger charge is -2.36. The van der Waals surface area contributed by atoms with Crippen molar-refractivity contribution in [1.29, 1.82) is 0 Å². The second-order valence-electron chi connectivity index (χ2n) is 5.94. The number of carbonyl (C=O) groups excluding carboxylic acids is 1. The molecule has 2 aliphatic heterocycles. The van der Waals surface area contributed by atoms with Crippen LogP contribution in [0.4, 0.5) is 0 Å². The van der Waals surface area contributed by atoms with Crippen LogP contribution >= 0.6 is 40.1 Å². The van der Waals surface area contributed by atoms with Crippen molar-refractivity contribution in [3.05, 3.63) is 28.2 Å². The summed E-state index contributed by atoms with van der Waals surface area (Å²) in [6.45, 7) is 5.02. The molecule has 1 amide bonds. The number of halogens is 2. The highest BCUT2D eigenvalue weighted by molar-refractivity contribution is 9.10. The van der Waals surface area contributed by atoms with E-state index < -0.39 is 0 Å². The van der Waals surface area contributed by atoms with Crippen molar-refractivity contribution in [2.24, 2.45) is 0 Å². The van der Waals surface area contributed by atoms with Crippen molar-refractivity contribution in [3.63, 3.8) is 0 Å².